The number of nitrogens with zero attached hydrogens (tertiary/aromatic N) is 1. The van der Waals surface area contributed by atoms with E-state index in [0.717, 1.165) is 19.3 Å². The number of carboxylic acid groups (broad SMARTS) is 1. The molecule has 1 N–H and O–H groups in total. The van der Waals surface area contributed by atoms with Gasteiger partial charge in [-0.3, -0.25) is 9.59 Å². The summed E-state index contributed by atoms with van der Waals surface area (Å²) in [7, 11) is 0. The van der Waals surface area contributed by atoms with Crippen molar-refractivity contribution >= 4 is 11.9 Å². The van der Waals surface area contributed by atoms with Crippen LogP contribution in [0.25, 0.3) is 0 Å². The van der Waals surface area contributed by atoms with E-state index in [2.05, 4.69) is 0 Å². The lowest BCUT2D eigenvalue weighted by molar-refractivity contribution is -0.156. The predicted octanol–water partition coefficient (Wildman–Crippen LogP) is 1.51. The third-order valence-corrected chi connectivity index (χ3v) is 4.38. The lowest BCUT2D eigenvalue weighted by Gasteiger charge is -2.39. The minimum absolute atomic E-state index is 0.0299. The first-order valence-corrected chi connectivity index (χ1v) is 7.26. The quantitative estimate of drug-likeness (QED) is 0.843. The highest BCUT2D eigenvalue weighted by molar-refractivity contribution is 5.85. The van der Waals surface area contributed by atoms with E-state index in [1.165, 1.54) is 0 Å². The number of ether oxygens (including phenoxy) is 1. The van der Waals surface area contributed by atoms with Gasteiger partial charge < -0.3 is 14.7 Å². The second kappa shape index (κ2) is 6.37. The van der Waals surface area contributed by atoms with Crippen LogP contribution in [-0.2, 0) is 14.3 Å². The Morgan fingerprint density at radius 1 is 1.26 bits per heavy atom. The first-order chi connectivity index (χ1) is 9.15. The van der Waals surface area contributed by atoms with Crippen LogP contribution < -0.4 is 0 Å². The van der Waals surface area contributed by atoms with Crippen LogP contribution in [0.4, 0.5) is 0 Å². The molecule has 0 spiro atoms. The van der Waals surface area contributed by atoms with Crippen molar-refractivity contribution < 1.29 is 19.4 Å². The Kier molecular flexibility index (Phi) is 4.80. The molecule has 19 heavy (non-hydrogen) atoms. The van der Waals surface area contributed by atoms with Crippen molar-refractivity contribution in [2.45, 2.75) is 45.1 Å². The van der Waals surface area contributed by atoms with Crippen molar-refractivity contribution in [1.29, 1.82) is 0 Å². The van der Waals surface area contributed by atoms with E-state index in [1.54, 1.807) is 0 Å². The van der Waals surface area contributed by atoms with Gasteiger partial charge >= 0.3 is 5.97 Å². The molecular weight excluding hydrogens is 246 g/mol. The van der Waals surface area contributed by atoms with Gasteiger partial charge in [0.1, 0.15) is 0 Å². The third kappa shape index (κ3) is 3.08. The zero-order valence-electron chi connectivity index (χ0n) is 11.5. The molecule has 1 heterocycles. The third-order valence-electron chi connectivity index (χ3n) is 4.38. The summed E-state index contributed by atoms with van der Waals surface area (Å²) in [5, 5.41) is 9.28. The van der Waals surface area contributed by atoms with Gasteiger partial charge in [-0.2, -0.15) is 0 Å². The average Bonchev–Trinajstić information content (AvgIpc) is 2.46. The number of amides is 1. The van der Waals surface area contributed by atoms with Gasteiger partial charge in [-0.15, -0.1) is 0 Å². The number of carbonyl (C=O) groups is 2. The van der Waals surface area contributed by atoms with Gasteiger partial charge in [0, 0.05) is 6.54 Å². The number of morpholine rings is 1. The van der Waals surface area contributed by atoms with E-state index in [1.807, 2.05) is 11.8 Å². The Balaban J connectivity index is 2.09. The van der Waals surface area contributed by atoms with Crippen molar-refractivity contribution in [2.75, 3.05) is 19.8 Å². The smallest absolute Gasteiger partial charge is 0.307 e. The highest BCUT2D eigenvalue weighted by atomic mass is 16.5. The van der Waals surface area contributed by atoms with Crippen molar-refractivity contribution in [2.24, 2.45) is 11.8 Å². The molecule has 5 nitrogen and oxygen atoms in total. The fourth-order valence-electron chi connectivity index (χ4n) is 3.22. The summed E-state index contributed by atoms with van der Waals surface area (Å²) in [4.78, 5) is 25.8. The molecule has 0 radical (unpaired) electrons. The molecule has 108 valence electrons. The van der Waals surface area contributed by atoms with E-state index in [-0.39, 0.29) is 17.9 Å². The van der Waals surface area contributed by atoms with Crippen LogP contribution in [0.1, 0.15) is 39.0 Å². The SMILES string of the molecule is CCC1COCCN1C(=O)C1CCCCC1C(=O)O. The Morgan fingerprint density at radius 3 is 2.58 bits per heavy atom. The Hall–Kier alpha value is -1.10. The molecule has 3 atom stereocenters. The Morgan fingerprint density at radius 2 is 1.95 bits per heavy atom. The molecule has 5 heteroatoms. The normalized spacial score (nSPS) is 32.1. The lowest BCUT2D eigenvalue weighted by atomic mass is 9.78. The lowest BCUT2D eigenvalue weighted by Crippen LogP contribution is -2.52. The molecule has 2 fully saturated rings. The van der Waals surface area contributed by atoms with Gasteiger partial charge in [0.25, 0.3) is 0 Å². The second-order valence-electron chi connectivity index (χ2n) is 5.50. The van der Waals surface area contributed by atoms with Crippen LogP contribution in [0, 0.1) is 11.8 Å². The molecule has 2 rings (SSSR count). The predicted molar refractivity (Wildman–Crippen MR) is 69.7 cm³/mol. The molecule has 0 aromatic heterocycles. The zero-order chi connectivity index (χ0) is 13.8. The summed E-state index contributed by atoms with van der Waals surface area (Å²) in [6.07, 6.45) is 4.08. The van der Waals surface area contributed by atoms with Crippen molar-refractivity contribution in [1.82, 2.24) is 4.90 Å². The van der Waals surface area contributed by atoms with Crippen molar-refractivity contribution in [3.8, 4) is 0 Å². The maximum Gasteiger partial charge on any atom is 0.307 e. The second-order valence-corrected chi connectivity index (χ2v) is 5.50. The van der Waals surface area contributed by atoms with Crippen LogP contribution in [0.15, 0.2) is 0 Å². The first-order valence-electron chi connectivity index (χ1n) is 7.26. The number of hydrogen-bond donors (Lipinski definition) is 1. The van der Waals surface area contributed by atoms with Crippen LogP contribution in [0.5, 0.6) is 0 Å². The summed E-state index contributed by atoms with van der Waals surface area (Å²) in [6.45, 7) is 3.77. The first kappa shape index (κ1) is 14.3. The molecule has 1 saturated heterocycles. The van der Waals surface area contributed by atoms with E-state index >= 15 is 0 Å². The van der Waals surface area contributed by atoms with Crippen LogP contribution in [-0.4, -0.2) is 47.7 Å². The van der Waals surface area contributed by atoms with Gasteiger partial charge in [0.05, 0.1) is 31.1 Å². The standard InChI is InChI=1S/C14H23NO4/c1-2-10-9-19-8-7-15(10)13(16)11-5-3-4-6-12(11)14(17)18/h10-12H,2-9H2,1H3,(H,17,18). The van der Waals surface area contributed by atoms with Gasteiger partial charge in [0.2, 0.25) is 5.91 Å². The minimum atomic E-state index is -0.820. The molecule has 1 aliphatic heterocycles. The molecule has 1 saturated carbocycles. The minimum Gasteiger partial charge on any atom is -0.481 e. The van der Waals surface area contributed by atoms with Gasteiger partial charge in [-0.05, 0) is 19.3 Å². The fourth-order valence-corrected chi connectivity index (χ4v) is 3.22. The van der Waals surface area contributed by atoms with E-state index < -0.39 is 11.9 Å². The number of hydrogen-bond acceptors (Lipinski definition) is 3. The molecule has 0 bridgehead atoms. The van der Waals surface area contributed by atoms with Gasteiger partial charge in [-0.1, -0.05) is 19.8 Å². The number of carbonyl (C=O) groups excluding carboxylic acids is 1. The molecule has 0 aromatic carbocycles. The van der Waals surface area contributed by atoms with Crippen molar-refractivity contribution in [3.05, 3.63) is 0 Å². The maximum atomic E-state index is 12.6. The highest BCUT2D eigenvalue weighted by Crippen LogP contribution is 2.32. The Bertz CT molecular complexity index is 344. The molecular formula is C14H23NO4. The van der Waals surface area contributed by atoms with E-state index in [0.29, 0.717) is 32.6 Å². The summed E-state index contributed by atoms with van der Waals surface area (Å²) in [5.41, 5.74) is 0. The Labute approximate surface area is 113 Å². The maximum absolute atomic E-state index is 12.6. The van der Waals surface area contributed by atoms with E-state index in [4.69, 9.17) is 4.74 Å². The topological polar surface area (TPSA) is 66.8 Å². The average molecular weight is 269 g/mol. The summed E-state index contributed by atoms with van der Waals surface area (Å²) >= 11 is 0. The van der Waals surface area contributed by atoms with E-state index in [9.17, 15) is 14.7 Å². The van der Waals surface area contributed by atoms with Gasteiger partial charge in [-0.25, -0.2) is 0 Å². The highest BCUT2D eigenvalue weighted by Gasteiger charge is 2.39. The van der Waals surface area contributed by atoms with Crippen LogP contribution in [0.3, 0.4) is 0 Å². The van der Waals surface area contributed by atoms with Crippen LogP contribution in [0.2, 0.25) is 0 Å². The fraction of sp³-hybridized carbons (Fsp3) is 0.857. The number of rotatable bonds is 3. The monoisotopic (exact) mass is 269 g/mol. The summed E-state index contributed by atoms with van der Waals surface area (Å²) in [6, 6.07) is 0.109. The molecule has 0 aromatic rings. The zero-order valence-corrected chi connectivity index (χ0v) is 11.5. The molecule has 3 unspecified atom stereocenters. The summed E-state index contributed by atoms with van der Waals surface area (Å²) in [5.74, 6) is -1.62. The van der Waals surface area contributed by atoms with Crippen LogP contribution >= 0.6 is 0 Å². The number of aliphatic carboxylic acids is 1. The number of carboxylic acids is 1. The van der Waals surface area contributed by atoms with Gasteiger partial charge in [0.15, 0.2) is 0 Å². The molecule has 1 aliphatic carbocycles. The van der Waals surface area contributed by atoms with Crippen molar-refractivity contribution in [3.63, 3.8) is 0 Å². The molecule has 1 amide bonds. The summed E-state index contributed by atoms with van der Waals surface area (Å²) < 4.78 is 5.40. The largest absolute Gasteiger partial charge is 0.481 e. The molecule has 2 aliphatic rings.